The Bertz CT molecular complexity index is 489. The number of phenolic OH excluding ortho intramolecular Hbond substituents is 1. The fourth-order valence-corrected chi connectivity index (χ4v) is 1.52. The third-order valence-electron chi connectivity index (χ3n) is 2.41. The molecule has 0 radical (unpaired) electrons. The first kappa shape index (κ1) is 10.4. The molecule has 0 unspecified atom stereocenters. The number of hydrogen-bond acceptors (Lipinski definition) is 4. The third kappa shape index (κ3) is 1.95. The van der Waals surface area contributed by atoms with Crippen LogP contribution in [0, 0.1) is 0 Å². The highest BCUT2D eigenvalue weighted by Crippen LogP contribution is 2.26. The van der Waals surface area contributed by atoms with Crippen LogP contribution in [0.1, 0.15) is 12.8 Å². The van der Waals surface area contributed by atoms with E-state index >= 15 is 0 Å². The summed E-state index contributed by atoms with van der Waals surface area (Å²) in [5.74, 6) is 0.00475. The van der Waals surface area contributed by atoms with Gasteiger partial charge in [-0.2, -0.15) is 0 Å². The number of rotatable bonds is 2. The lowest BCUT2D eigenvalue weighted by molar-refractivity contribution is -0.114. The summed E-state index contributed by atoms with van der Waals surface area (Å²) in [5, 5.41) is 18.9. The molecule has 0 aliphatic heterocycles. The van der Waals surface area contributed by atoms with Crippen LogP contribution in [-0.4, -0.2) is 22.2 Å². The van der Waals surface area contributed by atoms with Crippen LogP contribution in [0.2, 0.25) is 0 Å². The minimum Gasteiger partial charge on any atom is -0.511 e. The molecule has 0 bridgehead atoms. The van der Waals surface area contributed by atoms with Gasteiger partial charge in [-0.25, -0.2) is 0 Å². The van der Waals surface area contributed by atoms with E-state index in [1.165, 1.54) is 12.3 Å². The van der Waals surface area contributed by atoms with Gasteiger partial charge in [0.1, 0.15) is 17.2 Å². The molecule has 1 aromatic rings. The molecule has 0 heterocycles. The molecule has 16 heavy (non-hydrogen) atoms. The minimum atomic E-state index is -0.114. The topological polar surface area (TPSA) is 69.9 Å². The molecule has 0 saturated carbocycles. The van der Waals surface area contributed by atoms with Gasteiger partial charge < -0.3 is 10.2 Å². The summed E-state index contributed by atoms with van der Waals surface area (Å²) >= 11 is 0. The molecule has 1 aliphatic carbocycles. The van der Waals surface area contributed by atoms with E-state index in [-0.39, 0.29) is 22.9 Å². The van der Waals surface area contributed by atoms with Crippen LogP contribution in [-0.2, 0) is 4.79 Å². The summed E-state index contributed by atoms with van der Waals surface area (Å²) in [5.41, 5.74) is 0.616. The highest BCUT2D eigenvalue weighted by atomic mass is 16.3. The van der Waals surface area contributed by atoms with Crippen LogP contribution < -0.4 is 0 Å². The molecule has 2 rings (SSSR count). The maximum Gasteiger partial charge on any atom is 0.168 e. The second-order valence-electron chi connectivity index (χ2n) is 3.53. The Morgan fingerprint density at radius 1 is 1.19 bits per heavy atom. The van der Waals surface area contributed by atoms with E-state index < -0.39 is 0 Å². The van der Waals surface area contributed by atoms with Crippen molar-refractivity contribution in [2.45, 2.75) is 12.8 Å². The van der Waals surface area contributed by atoms with Crippen LogP contribution in [0.15, 0.2) is 40.6 Å². The Kier molecular flexibility index (Phi) is 2.72. The number of allylic oxidation sites excluding steroid dienone is 2. The Labute approximate surface area is 92.6 Å². The molecule has 82 valence electrons. The summed E-state index contributed by atoms with van der Waals surface area (Å²) in [6.45, 7) is 0. The maximum absolute atomic E-state index is 11.3. The van der Waals surface area contributed by atoms with E-state index in [4.69, 9.17) is 0 Å². The van der Waals surface area contributed by atoms with E-state index in [2.05, 4.69) is 4.99 Å². The Morgan fingerprint density at radius 2 is 1.94 bits per heavy atom. The van der Waals surface area contributed by atoms with Crippen LogP contribution >= 0.6 is 0 Å². The molecule has 0 aromatic heterocycles. The lowest BCUT2D eigenvalue weighted by Crippen LogP contribution is -1.97. The highest BCUT2D eigenvalue weighted by molar-refractivity contribution is 6.15. The van der Waals surface area contributed by atoms with Gasteiger partial charge in [-0.05, 0) is 12.1 Å². The second kappa shape index (κ2) is 4.18. The Hall–Kier alpha value is -2.10. The molecule has 2 N–H and O–H groups in total. The zero-order valence-corrected chi connectivity index (χ0v) is 8.55. The van der Waals surface area contributed by atoms with E-state index in [1.54, 1.807) is 18.2 Å². The largest absolute Gasteiger partial charge is 0.511 e. The number of aliphatic hydroxyl groups is 1. The third-order valence-corrected chi connectivity index (χ3v) is 2.41. The van der Waals surface area contributed by atoms with Gasteiger partial charge in [-0.3, -0.25) is 9.79 Å². The fraction of sp³-hybridized carbons (Fsp3) is 0.167. The first-order valence-electron chi connectivity index (χ1n) is 4.96. The summed E-state index contributed by atoms with van der Waals surface area (Å²) < 4.78 is 0. The monoisotopic (exact) mass is 217 g/mol. The van der Waals surface area contributed by atoms with Crippen molar-refractivity contribution in [3.8, 4) is 5.75 Å². The quantitative estimate of drug-likeness (QED) is 0.746. The summed E-state index contributed by atoms with van der Waals surface area (Å²) in [4.78, 5) is 15.3. The average Bonchev–Trinajstić information content (AvgIpc) is 2.58. The SMILES string of the molecule is O=C1CCC(O)=C1C=Nc1ccccc1O. The minimum absolute atomic E-state index is 0.0456. The van der Waals surface area contributed by atoms with E-state index in [0.717, 1.165) is 0 Å². The number of Topliss-reactive ketones (excluding diaryl/α,β-unsaturated/α-hetero) is 1. The Morgan fingerprint density at radius 3 is 2.56 bits per heavy atom. The van der Waals surface area contributed by atoms with Crippen molar-refractivity contribution in [1.29, 1.82) is 0 Å². The molecule has 4 heteroatoms. The van der Waals surface area contributed by atoms with Crippen molar-refractivity contribution in [2.24, 2.45) is 4.99 Å². The van der Waals surface area contributed by atoms with Gasteiger partial charge in [0.05, 0.1) is 5.57 Å². The molecule has 0 spiro atoms. The number of phenols is 1. The predicted molar refractivity (Wildman–Crippen MR) is 60.2 cm³/mol. The van der Waals surface area contributed by atoms with Gasteiger partial charge in [0.2, 0.25) is 0 Å². The number of para-hydroxylation sites is 2. The highest BCUT2D eigenvalue weighted by Gasteiger charge is 2.20. The van der Waals surface area contributed by atoms with Crippen molar-refractivity contribution in [2.75, 3.05) is 0 Å². The first-order chi connectivity index (χ1) is 7.68. The molecule has 0 fully saturated rings. The zero-order chi connectivity index (χ0) is 11.5. The lowest BCUT2D eigenvalue weighted by Gasteiger charge is -1.97. The number of ketones is 1. The molecular formula is C12H11NO3. The number of hydrogen-bond donors (Lipinski definition) is 2. The fourth-order valence-electron chi connectivity index (χ4n) is 1.52. The number of aliphatic imine (C=N–C) groups is 1. The van der Waals surface area contributed by atoms with Crippen molar-refractivity contribution < 1.29 is 15.0 Å². The molecular weight excluding hydrogens is 206 g/mol. The van der Waals surface area contributed by atoms with E-state index in [0.29, 0.717) is 18.5 Å². The van der Waals surface area contributed by atoms with Crippen LogP contribution in [0.5, 0.6) is 5.75 Å². The Balaban J connectivity index is 2.25. The van der Waals surface area contributed by atoms with E-state index in [9.17, 15) is 15.0 Å². The second-order valence-corrected chi connectivity index (χ2v) is 3.53. The number of aliphatic hydroxyl groups excluding tert-OH is 1. The van der Waals surface area contributed by atoms with Gasteiger partial charge in [0.25, 0.3) is 0 Å². The summed E-state index contributed by atoms with van der Waals surface area (Å²) in [6.07, 6.45) is 2.01. The first-order valence-corrected chi connectivity index (χ1v) is 4.96. The van der Waals surface area contributed by atoms with Crippen LogP contribution in [0.25, 0.3) is 0 Å². The molecule has 4 nitrogen and oxygen atoms in total. The summed E-state index contributed by atoms with van der Waals surface area (Å²) in [7, 11) is 0. The van der Waals surface area contributed by atoms with Crippen LogP contribution in [0.4, 0.5) is 5.69 Å². The molecule has 1 aliphatic rings. The molecule has 0 saturated heterocycles. The van der Waals surface area contributed by atoms with Crippen molar-refractivity contribution in [3.63, 3.8) is 0 Å². The normalized spacial score (nSPS) is 16.4. The standard InChI is InChI=1S/C12H11NO3/c14-10-5-6-11(15)8(10)7-13-9-3-1-2-4-12(9)16/h1-4,7,14,16H,5-6H2. The lowest BCUT2D eigenvalue weighted by atomic mass is 10.2. The molecule has 0 amide bonds. The number of benzene rings is 1. The zero-order valence-electron chi connectivity index (χ0n) is 8.55. The summed E-state index contributed by atoms with van der Waals surface area (Å²) in [6, 6.07) is 6.56. The smallest absolute Gasteiger partial charge is 0.168 e. The van der Waals surface area contributed by atoms with Gasteiger partial charge in [0.15, 0.2) is 5.78 Å². The van der Waals surface area contributed by atoms with Crippen molar-refractivity contribution in [1.82, 2.24) is 0 Å². The van der Waals surface area contributed by atoms with Gasteiger partial charge in [-0.15, -0.1) is 0 Å². The van der Waals surface area contributed by atoms with Crippen LogP contribution in [0.3, 0.4) is 0 Å². The predicted octanol–water partition coefficient (Wildman–Crippen LogP) is 2.27. The molecule has 1 aromatic carbocycles. The van der Waals surface area contributed by atoms with Gasteiger partial charge in [-0.1, -0.05) is 12.1 Å². The van der Waals surface area contributed by atoms with E-state index in [1.807, 2.05) is 0 Å². The number of carbonyl (C=O) groups is 1. The van der Waals surface area contributed by atoms with Crippen molar-refractivity contribution >= 4 is 17.7 Å². The molecule has 0 atom stereocenters. The number of nitrogens with zero attached hydrogens (tertiary/aromatic N) is 1. The van der Waals surface area contributed by atoms with Gasteiger partial charge >= 0.3 is 0 Å². The maximum atomic E-state index is 11.3. The van der Waals surface area contributed by atoms with Crippen molar-refractivity contribution in [3.05, 3.63) is 35.6 Å². The number of carbonyl (C=O) groups excluding carboxylic acids is 1. The van der Waals surface area contributed by atoms with Gasteiger partial charge in [0, 0.05) is 19.1 Å². The average molecular weight is 217 g/mol. The number of aromatic hydroxyl groups is 1.